The van der Waals surface area contributed by atoms with E-state index < -0.39 is 12.2 Å². The van der Waals surface area contributed by atoms with Crippen molar-refractivity contribution in [1.29, 1.82) is 0 Å². The molecule has 0 aliphatic carbocycles. The number of hydrogen-bond acceptors (Lipinski definition) is 4. The van der Waals surface area contributed by atoms with Gasteiger partial charge in [-0.05, 0) is 24.7 Å². The highest BCUT2D eigenvalue weighted by atomic mass is 19.1. The summed E-state index contributed by atoms with van der Waals surface area (Å²) >= 11 is 0. The number of nitrogens with zero attached hydrogens (tertiary/aromatic N) is 1. The molecule has 1 rings (SSSR count). The van der Waals surface area contributed by atoms with E-state index in [4.69, 9.17) is 4.74 Å². The highest BCUT2D eigenvalue weighted by Crippen LogP contribution is 2.14. The van der Waals surface area contributed by atoms with Crippen molar-refractivity contribution in [3.63, 3.8) is 0 Å². The topological polar surface area (TPSA) is 52.9 Å². The van der Waals surface area contributed by atoms with E-state index in [2.05, 4.69) is 0 Å². The SMILES string of the molecule is COC[C@@H](O)CN(C)C[C@@H](O)c1ccc(F)cc1. The van der Waals surface area contributed by atoms with Gasteiger partial charge in [-0.2, -0.15) is 0 Å². The third kappa shape index (κ3) is 5.10. The van der Waals surface area contributed by atoms with Crippen LogP contribution < -0.4 is 0 Å². The van der Waals surface area contributed by atoms with Gasteiger partial charge in [0.2, 0.25) is 0 Å². The summed E-state index contributed by atoms with van der Waals surface area (Å²) in [6, 6.07) is 5.75. The maximum atomic E-state index is 12.7. The molecule has 5 heteroatoms. The Morgan fingerprint density at radius 3 is 2.39 bits per heavy atom. The Balaban J connectivity index is 2.43. The van der Waals surface area contributed by atoms with Gasteiger partial charge in [0, 0.05) is 20.2 Å². The van der Waals surface area contributed by atoms with Crippen molar-refractivity contribution in [3.05, 3.63) is 35.6 Å². The van der Waals surface area contributed by atoms with Crippen molar-refractivity contribution >= 4 is 0 Å². The van der Waals surface area contributed by atoms with Crippen molar-refractivity contribution in [2.75, 3.05) is 33.9 Å². The molecule has 1 aromatic carbocycles. The zero-order chi connectivity index (χ0) is 13.5. The molecule has 0 aliphatic rings. The van der Waals surface area contributed by atoms with Crippen molar-refractivity contribution in [2.24, 2.45) is 0 Å². The second-order valence-electron chi connectivity index (χ2n) is 4.40. The quantitative estimate of drug-likeness (QED) is 0.758. The van der Waals surface area contributed by atoms with Crippen molar-refractivity contribution in [2.45, 2.75) is 12.2 Å². The Morgan fingerprint density at radius 2 is 1.83 bits per heavy atom. The van der Waals surface area contributed by atoms with Gasteiger partial charge in [-0.3, -0.25) is 0 Å². The van der Waals surface area contributed by atoms with Gasteiger partial charge in [0.05, 0.1) is 18.8 Å². The molecule has 0 bridgehead atoms. The highest BCUT2D eigenvalue weighted by Gasteiger charge is 2.13. The summed E-state index contributed by atoms with van der Waals surface area (Å²) in [5.74, 6) is -0.324. The summed E-state index contributed by atoms with van der Waals surface area (Å²) in [5, 5.41) is 19.5. The maximum absolute atomic E-state index is 12.7. The van der Waals surface area contributed by atoms with Crippen molar-refractivity contribution in [1.82, 2.24) is 4.90 Å². The van der Waals surface area contributed by atoms with Crippen LogP contribution >= 0.6 is 0 Å². The first kappa shape index (κ1) is 15.0. The van der Waals surface area contributed by atoms with E-state index in [-0.39, 0.29) is 12.4 Å². The molecule has 0 radical (unpaired) electrons. The van der Waals surface area contributed by atoms with Gasteiger partial charge in [0.1, 0.15) is 5.82 Å². The fraction of sp³-hybridized carbons (Fsp3) is 0.538. The van der Waals surface area contributed by atoms with E-state index in [1.165, 1.54) is 19.2 Å². The minimum Gasteiger partial charge on any atom is -0.389 e. The smallest absolute Gasteiger partial charge is 0.123 e. The van der Waals surface area contributed by atoms with Crippen LogP contribution in [0.25, 0.3) is 0 Å². The Bertz CT molecular complexity index is 345. The predicted octanol–water partition coefficient (Wildman–Crippen LogP) is 0.798. The highest BCUT2D eigenvalue weighted by molar-refractivity contribution is 5.18. The number of halogens is 1. The first-order chi connectivity index (χ1) is 8.52. The number of ether oxygens (including phenoxy) is 1. The van der Waals surface area contributed by atoms with Crippen LogP contribution in [-0.4, -0.2) is 55.1 Å². The zero-order valence-electron chi connectivity index (χ0n) is 10.7. The second-order valence-corrected chi connectivity index (χ2v) is 4.40. The second kappa shape index (κ2) is 7.43. The monoisotopic (exact) mass is 257 g/mol. The van der Waals surface area contributed by atoms with E-state index in [0.29, 0.717) is 18.7 Å². The molecular weight excluding hydrogens is 237 g/mol. The van der Waals surface area contributed by atoms with Crippen LogP contribution in [0, 0.1) is 5.82 Å². The van der Waals surface area contributed by atoms with Crippen LogP contribution in [0.1, 0.15) is 11.7 Å². The minimum absolute atomic E-state index is 0.261. The largest absolute Gasteiger partial charge is 0.389 e. The molecule has 4 nitrogen and oxygen atoms in total. The molecule has 2 atom stereocenters. The van der Waals surface area contributed by atoms with E-state index in [1.807, 2.05) is 0 Å². The fourth-order valence-corrected chi connectivity index (χ4v) is 1.76. The molecule has 0 fully saturated rings. The van der Waals surface area contributed by atoms with Gasteiger partial charge >= 0.3 is 0 Å². The Kier molecular flexibility index (Phi) is 6.21. The standard InChI is InChI=1S/C13H20FNO3/c1-15(7-12(16)9-18-2)8-13(17)10-3-5-11(14)6-4-10/h3-6,12-13,16-17H,7-9H2,1-2H3/t12-,13+/m0/s1. The lowest BCUT2D eigenvalue weighted by Gasteiger charge is -2.23. The number of benzene rings is 1. The molecule has 18 heavy (non-hydrogen) atoms. The summed E-state index contributed by atoms with van der Waals surface area (Å²) in [6.07, 6.45) is -1.29. The van der Waals surface area contributed by atoms with Crippen LogP contribution in [0.5, 0.6) is 0 Å². The molecule has 0 unspecified atom stereocenters. The molecule has 2 N–H and O–H groups in total. The molecule has 102 valence electrons. The molecule has 0 aliphatic heterocycles. The van der Waals surface area contributed by atoms with Crippen LogP contribution in [0.2, 0.25) is 0 Å². The summed E-state index contributed by atoms with van der Waals surface area (Å²) < 4.78 is 17.6. The van der Waals surface area contributed by atoms with E-state index in [1.54, 1.807) is 24.1 Å². The zero-order valence-corrected chi connectivity index (χ0v) is 10.7. The average molecular weight is 257 g/mol. The lowest BCUT2D eigenvalue weighted by molar-refractivity contribution is 0.0318. The number of hydrogen-bond donors (Lipinski definition) is 2. The number of rotatable bonds is 7. The van der Waals surface area contributed by atoms with E-state index >= 15 is 0 Å². The summed E-state index contributed by atoms with van der Waals surface area (Å²) in [7, 11) is 3.32. The Hall–Kier alpha value is -1.01. The molecule has 0 saturated carbocycles. The number of aliphatic hydroxyl groups is 2. The average Bonchev–Trinajstić information content (AvgIpc) is 2.29. The van der Waals surface area contributed by atoms with Gasteiger partial charge < -0.3 is 19.8 Å². The maximum Gasteiger partial charge on any atom is 0.123 e. The van der Waals surface area contributed by atoms with Gasteiger partial charge in [0.15, 0.2) is 0 Å². The molecule has 0 spiro atoms. The summed E-state index contributed by atoms with van der Waals surface area (Å²) in [4.78, 5) is 1.80. The fourth-order valence-electron chi connectivity index (χ4n) is 1.76. The van der Waals surface area contributed by atoms with Gasteiger partial charge in [-0.15, -0.1) is 0 Å². The Labute approximate surface area is 107 Å². The molecule has 0 amide bonds. The lowest BCUT2D eigenvalue weighted by Crippen LogP contribution is -2.34. The third-order valence-corrected chi connectivity index (χ3v) is 2.62. The van der Waals surface area contributed by atoms with E-state index in [9.17, 15) is 14.6 Å². The van der Waals surface area contributed by atoms with Crippen molar-refractivity contribution < 1.29 is 19.3 Å². The normalized spacial score (nSPS) is 14.8. The number of aliphatic hydroxyl groups excluding tert-OH is 2. The lowest BCUT2D eigenvalue weighted by atomic mass is 10.1. The molecule has 0 saturated heterocycles. The summed E-state index contributed by atoms with van der Waals surface area (Å²) in [6.45, 7) is 1.04. The van der Waals surface area contributed by atoms with Gasteiger partial charge in [0.25, 0.3) is 0 Å². The first-order valence-electron chi connectivity index (χ1n) is 5.82. The van der Waals surface area contributed by atoms with Gasteiger partial charge in [-0.25, -0.2) is 4.39 Å². The first-order valence-corrected chi connectivity index (χ1v) is 5.82. The summed E-state index contributed by atoms with van der Waals surface area (Å²) in [5.41, 5.74) is 0.657. The third-order valence-electron chi connectivity index (χ3n) is 2.62. The predicted molar refractivity (Wildman–Crippen MR) is 66.7 cm³/mol. The van der Waals surface area contributed by atoms with Crippen LogP contribution in [0.15, 0.2) is 24.3 Å². The molecule has 0 heterocycles. The van der Waals surface area contributed by atoms with Crippen LogP contribution in [-0.2, 0) is 4.74 Å². The number of methoxy groups -OCH3 is 1. The van der Waals surface area contributed by atoms with Crippen molar-refractivity contribution in [3.8, 4) is 0 Å². The van der Waals surface area contributed by atoms with Crippen LogP contribution in [0.3, 0.4) is 0 Å². The number of likely N-dealkylation sites (N-methyl/N-ethyl adjacent to an activating group) is 1. The Morgan fingerprint density at radius 1 is 1.22 bits per heavy atom. The van der Waals surface area contributed by atoms with Gasteiger partial charge in [-0.1, -0.05) is 12.1 Å². The molecule has 1 aromatic rings. The minimum atomic E-state index is -0.703. The van der Waals surface area contributed by atoms with Crippen LogP contribution in [0.4, 0.5) is 4.39 Å². The van der Waals surface area contributed by atoms with E-state index in [0.717, 1.165) is 0 Å². The molecule has 0 aromatic heterocycles. The molecular formula is C13H20FNO3.